The second-order valence-electron chi connectivity index (χ2n) is 5.40. The van der Waals surface area contributed by atoms with Crippen LogP contribution in [-0.2, 0) is 0 Å². The van der Waals surface area contributed by atoms with Gasteiger partial charge < -0.3 is 16.4 Å². The van der Waals surface area contributed by atoms with Gasteiger partial charge in [0.25, 0.3) is 5.91 Å². The van der Waals surface area contributed by atoms with Crippen LogP contribution in [0.25, 0.3) is 0 Å². The average Bonchev–Trinajstić information content (AvgIpc) is 2.37. The summed E-state index contributed by atoms with van der Waals surface area (Å²) in [6.07, 6.45) is 2.29. The lowest BCUT2D eigenvalue weighted by Crippen LogP contribution is -2.19. The fourth-order valence-corrected chi connectivity index (χ4v) is 1.90. The zero-order chi connectivity index (χ0) is 14.4. The number of carbonyl (C=O) groups excluding carboxylic acids is 1. The van der Waals surface area contributed by atoms with Gasteiger partial charge >= 0.3 is 0 Å². The first kappa shape index (κ1) is 15.3. The number of hydrogen-bond donors (Lipinski definition) is 3. The Morgan fingerprint density at radius 1 is 1.26 bits per heavy atom. The van der Waals surface area contributed by atoms with Crippen LogP contribution in [0.3, 0.4) is 0 Å². The Hall–Kier alpha value is -1.71. The largest absolute Gasteiger partial charge is 0.397 e. The summed E-state index contributed by atoms with van der Waals surface area (Å²) in [5.74, 6) is 0.586. The topological polar surface area (TPSA) is 67.2 Å². The molecule has 0 bridgehead atoms. The zero-order valence-electron chi connectivity index (χ0n) is 12.3. The Morgan fingerprint density at radius 3 is 2.47 bits per heavy atom. The summed E-state index contributed by atoms with van der Waals surface area (Å²) in [7, 11) is 1.61. The van der Waals surface area contributed by atoms with E-state index >= 15 is 0 Å². The predicted molar refractivity (Wildman–Crippen MR) is 81.4 cm³/mol. The van der Waals surface area contributed by atoms with Crippen molar-refractivity contribution in [1.29, 1.82) is 0 Å². The molecule has 19 heavy (non-hydrogen) atoms. The van der Waals surface area contributed by atoms with E-state index in [0.29, 0.717) is 23.2 Å². The lowest BCUT2D eigenvalue weighted by atomic mass is 10.0. The fourth-order valence-electron chi connectivity index (χ4n) is 1.90. The highest BCUT2D eigenvalue weighted by Gasteiger charge is 2.09. The second kappa shape index (κ2) is 7.02. The van der Waals surface area contributed by atoms with Gasteiger partial charge in [-0.05, 0) is 43.9 Å². The Morgan fingerprint density at radius 2 is 1.95 bits per heavy atom. The number of benzene rings is 1. The molecule has 1 amide bonds. The molecule has 1 aromatic rings. The van der Waals surface area contributed by atoms with Crippen molar-refractivity contribution in [3.63, 3.8) is 0 Å². The quantitative estimate of drug-likeness (QED) is 0.691. The second-order valence-corrected chi connectivity index (χ2v) is 5.40. The first-order valence-corrected chi connectivity index (χ1v) is 6.82. The molecule has 106 valence electrons. The van der Waals surface area contributed by atoms with Crippen LogP contribution >= 0.6 is 0 Å². The van der Waals surface area contributed by atoms with Gasteiger partial charge in [0.1, 0.15) is 0 Å². The number of nitrogens with one attached hydrogen (secondary N) is 2. The molecule has 1 aromatic carbocycles. The van der Waals surface area contributed by atoms with Crippen molar-refractivity contribution < 1.29 is 4.79 Å². The molecule has 1 atom stereocenters. The van der Waals surface area contributed by atoms with Gasteiger partial charge in [-0.1, -0.05) is 13.8 Å². The molecule has 0 saturated heterocycles. The summed E-state index contributed by atoms with van der Waals surface area (Å²) in [6.45, 7) is 6.59. The molecule has 0 fully saturated rings. The Balaban J connectivity index is 2.67. The van der Waals surface area contributed by atoms with E-state index in [1.807, 2.05) is 6.07 Å². The van der Waals surface area contributed by atoms with Gasteiger partial charge in [-0.25, -0.2) is 0 Å². The highest BCUT2D eigenvalue weighted by atomic mass is 16.1. The summed E-state index contributed by atoms with van der Waals surface area (Å²) in [6, 6.07) is 5.73. The molecule has 4 N–H and O–H groups in total. The van der Waals surface area contributed by atoms with Crippen molar-refractivity contribution >= 4 is 17.3 Å². The molecule has 1 unspecified atom stereocenters. The summed E-state index contributed by atoms with van der Waals surface area (Å²) >= 11 is 0. The van der Waals surface area contributed by atoms with Crippen molar-refractivity contribution in [1.82, 2.24) is 5.32 Å². The van der Waals surface area contributed by atoms with Crippen LogP contribution in [-0.4, -0.2) is 19.0 Å². The van der Waals surface area contributed by atoms with Crippen molar-refractivity contribution in [3.8, 4) is 0 Å². The third kappa shape index (κ3) is 4.81. The molecule has 0 aromatic heterocycles. The minimum absolute atomic E-state index is 0.119. The maximum atomic E-state index is 11.5. The lowest BCUT2D eigenvalue weighted by Gasteiger charge is -2.18. The van der Waals surface area contributed by atoms with E-state index in [1.54, 1.807) is 19.2 Å². The standard InChI is InChI=1S/C15H25N3O/c1-10(2)5-6-11(3)18-14-8-7-12(9-13(14)16)15(19)17-4/h7-11,18H,5-6,16H2,1-4H3,(H,17,19). The van der Waals surface area contributed by atoms with Gasteiger partial charge in [-0.15, -0.1) is 0 Å². The number of nitrogens with two attached hydrogens (primary N) is 1. The van der Waals surface area contributed by atoms with Crippen molar-refractivity contribution in [2.75, 3.05) is 18.1 Å². The van der Waals surface area contributed by atoms with E-state index in [1.165, 1.54) is 6.42 Å². The maximum Gasteiger partial charge on any atom is 0.251 e. The van der Waals surface area contributed by atoms with Crippen molar-refractivity contribution in [2.45, 2.75) is 39.7 Å². The number of anilines is 2. The number of rotatable bonds is 6. The Bertz CT molecular complexity index is 429. The van der Waals surface area contributed by atoms with Gasteiger partial charge in [0.2, 0.25) is 0 Å². The van der Waals surface area contributed by atoms with Crippen LogP contribution in [0.1, 0.15) is 44.0 Å². The van der Waals surface area contributed by atoms with E-state index in [9.17, 15) is 4.79 Å². The number of amides is 1. The van der Waals surface area contributed by atoms with Crippen molar-refractivity contribution in [3.05, 3.63) is 23.8 Å². The molecule has 0 spiro atoms. The first-order chi connectivity index (χ1) is 8.93. The van der Waals surface area contributed by atoms with Crippen LogP contribution in [0.2, 0.25) is 0 Å². The molecule has 0 aliphatic carbocycles. The molecular formula is C15H25N3O. The number of hydrogen-bond acceptors (Lipinski definition) is 3. The summed E-state index contributed by atoms with van der Waals surface area (Å²) in [5.41, 5.74) is 8.06. The zero-order valence-corrected chi connectivity index (χ0v) is 12.3. The van der Waals surface area contributed by atoms with Gasteiger partial charge in [-0.3, -0.25) is 4.79 Å². The number of nitrogen functional groups attached to an aromatic ring is 1. The van der Waals surface area contributed by atoms with Crippen LogP contribution < -0.4 is 16.4 Å². The van der Waals surface area contributed by atoms with Gasteiger partial charge in [0, 0.05) is 18.7 Å². The molecule has 4 nitrogen and oxygen atoms in total. The molecule has 0 aliphatic rings. The highest BCUT2D eigenvalue weighted by molar-refractivity contribution is 5.95. The normalized spacial score (nSPS) is 12.3. The molecular weight excluding hydrogens is 238 g/mol. The number of carbonyl (C=O) groups is 1. The maximum absolute atomic E-state index is 11.5. The minimum atomic E-state index is -0.119. The molecule has 0 heterocycles. The van der Waals surface area contributed by atoms with E-state index < -0.39 is 0 Å². The summed E-state index contributed by atoms with van der Waals surface area (Å²) in [4.78, 5) is 11.5. The molecule has 0 aliphatic heterocycles. The smallest absolute Gasteiger partial charge is 0.251 e. The SMILES string of the molecule is CNC(=O)c1ccc(NC(C)CCC(C)C)c(N)c1. The fraction of sp³-hybridized carbons (Fsp3) is 0.533. The Kier molecular flexibility index (Phi) is 5.67. The van der Waals surface area contributed by atoms with Gasteiger partial charge in [-0.2, -0.15) is 0 Å². The minimum Gasteiger partial charge on any atom is -0.397 e. The third-order valence-corrected chi connectivity index (χ3v) is 3.12. The molecule has 0 radical (unpaired) electrons. The first-order valence-electron chi connectivity index (χ1n) is 6.82. The lowest BCUT2D eigenvalue weighted by molar-refractivity contribution is 0.0963. The van der Waals surface area contributed by atoms with Crippen LogP contribution in [0.15, 0.2) is 18.2 Å². The van der Waals surface area contributed by atoms with E-state index in [-0.39, 0.29) is 5.91 Å². The van der Waals surface area contributed by atoms with Crippen LogP contribution in [0.4, 0.5) is 11.4 Å². The van der Waals surface area contributed by atoms with Crippen LogP contribution in [0, 0.1) is 5.92 Å². The molecule has 1 rings (SSSR count). The highest BCUT2D eigenvalue weighted by Crippen LogP contribution is 2.22. The van der Waals surface area contributed by atoms with E-state index in [4.69, 9.17) is 5.73 Å². The average molecular weight is 263 g/mol. The van der Waals surface area contributed by atoms with Crippen molar-refractivity contribution in [2.24, 2.45) is 5.92 Å². The van der Waals surface area contributed by atoms with Gasteiger partial charge in [0.15, 0.2) is 0 Å². The third-order valence-electron chi connectivity index (χ3n) is 3.12. The van der Waals surface area contributed by atoms with Crippen LogP contribution in [0.5, 0.6) is 0 Å². The van der Waals surface area contributed by atoms with E-state index in [2.05, 4.69) is 31.4 Å². The predicted octanol–water partition coefficient (Wildman–Crippen LogP) is 2.87. The van der Waals surface area contributed by atoms with E-state index in [0.717, 1.165) is 12.1 Å². The molecule has 4 heteroatoms. The summed E-state index contributed by atoms with van der Waals surface area (Å²) in [5, 5.41) is 5.98. The monoisotopic (exact) mass is 263 g/mol. The van der Waals surface area contributed by atoms with Gasteiger partial charge in [0.05, 0.1) is 11.4 Å². The Labute approximate surface area is 115 Å². The molecule has 0 saturated carbocycles. The summed E-state index contributed by atoms with van der Waals surface area (Å²) < 4.78 is 0.